The van der Waals surface area contributed by atoms with Crippen molar-refractivity contribution in [1.82, 2.24) is 9.78 Å². The molecule has 0 saturated carbocycles. The predicted octanol–water partition coefficient (Wildman–Crippen LogP) is 0.704. The minimum Gasteiger partial charge on any atom is -0.326 e. The first-order chi connectivity index (χ1) is 8.98. The van der Waals surface area contributed by atoms with Crippen molar-refractivity contribution in [2.45, 2.75) is 11.6 Å². The van der Waals surface area contributed by atoms with Gasteiger partial charge < -0.3 is 5.73 Å². The van der Waals surface area contributed by atoms with E-state index in [1.165, 1.54) is 28.3 Å². The second kappa shape index (κ2) is 5.02. The summed E-state index contributed by atoms with van der Waals surface area (Å²) in [6, 6.07) is 8.62. The molecule has 0 atom stereocenters. The topological polar surface area (TPSA) is 81.2 Å². The molecule has 102 valence electrons. The van der Waals surface area contributed by atoms with Crippen molar-refractivity contribution >= 4 is 15.7 Å². The van der Waals surface area contributed by atoms with Crippen molar-refractivity contribution in [1.29, 1.82) is 0 Å². The number of aromatic nitrogens is 2. The van der Waals surface area contributed by atoms with Crippen LogP contribution in [-0.2, 0) is 23.6 Å². The molecular weight excluding hydrogens is 264 g/mol. The Morgan fingerprint density at radius 3 is 2.58 bits per heavy atom. The van der Waals surface area contributed by atoms with Gasteiger partial charge in [-0.15, -0.1) is 0 Å². The highest BCUT2D eigenvalue weighted by molar-refractivity contribution is 7.92. The first-order valence-electron chi connectivity index (χ1n) is 5.73. The fraction of sp³-hybridized carbons (Fsp3) is 0.250. The molecule has 0 aliphatic rings. The fourth-order valence-electron chi connectivity index (χ4n) is 1.88. The minimum absolute atomic E-state index is 0.141. The van der Waals surface area contributed by atoms with Gasteiger partial charge in [0, 0.05) is 20.6 Å². The molecule has 0 amide bonds. The van der Waals surface area contributed by atoms with E-state index in [4.69, 9.17) is 5.73 Å². The van der Waals surface area contributed by atoms with Gasteiger partial charge in [0.1, 0.15) is 0 Å². The van der Waals surface area contributed by atoms with Crippen LogP contribution in [0.1, 0.15) is 5.56 Å². The number of anilines is 1. The van der Waals surface area contributed by atoms with Crippen molar-refractivity contribution in [2.75, 3.05) is 11.4 Å². The van der Waals surface area contributed by atoms with E-state index < -0.39 is 10.0 Å². The average Bonchev–Trinajstić information content (AvgIpc) is 2.84. The molecule has 0 fully saturated rings. The SMILES string of the molecule is CN(c1ccccc1CN)S(=O)(=O)c1ccnn1C. The number of aryl methyl sites for hydroxylation is 1. The molecule has 0 unspecified atom stereocenters. The highest BCUT2D eigenvalue weighted by Gasteiger charge is 2.25. The highest BCUT2D eigenvalue weighted by Crippen LogP contribution is 2.24. The number of sulfonamides is 1. The zero-order valence-electron chi connectivity index (χ0n) is 10.8. The van der Waals surface area contributed by atoms with Crippen molar-refractivity contribution in [3.05, 3.63) is 42.1 Å². The van der Waals surface area contributed by atoms with Gasteiger partial charge >= 0.3 is 0 Å². The van der Waals surface area contributed by atoms with E-state index in [-0.39, 0.29) is 11.6 Å². The number of hydrogen-bond donors (Lipinski definition) is 1. The predicted molar refractivity (Wildman–Crippen MR) is 73.1 cm³/mol. The lowest BCUT2D eigenvalue weighted by atomic mass is 10.2. The zero-order chi connectivity index (χ0) is 14.0. The van der Waals surface area contributed by atoms with Crippen LogP contribution in [0.2, 0.25) is 0 Å². The Kier molecular flexibility index (Phi) is 3.59. The van der Waals surface area contributed by atoms with Gasteiger partial charge in [-0.25, -0.2) is 0 Å². The average molecular weight is 280 g/mol. The number of rotatable bonds is 4. The Morgan fingerprint density at radius 1 is 1.32 bits per heavy atom. The van der Waals surface area contributed by atoms with Gasteiger partial charge in [-0.1, -0.05) is 18.2 Å². The Hall–Kier alpha value is -1.86. The minimum atomic E-state index is -3.63. The highest BCUT2D eigenvalue weighted by atomic mass is 32.2. The largest absolute Gasteiger partial charge is 0.326 e. The van der Waals surface area contributed by atoms with E-state index in [0.29, 0.717) is 5.69 Å². The summed E-state index contributed by atoms with van der Waals surface area (Å²) in [7, 11) is -0.530. The summed E-state index contributed by atoms with van der Waals surface area (Å²) in [4.78, 5) is 0. The van der Waals surface area contributed by atoms with Gasteiger partial charge in [0.25, 0.3) is 10.0 Å². The van der Waals surface area contributed by atoms with Crippen molar-refractivity contribution in [3.8, 4) is 0 Å². The fourth-order valence-corrected chi connectivity index (χ4v) is 3.21. The van der Waals surface area contributed by atoms with E-state index in [9.17, 15) is 8.42 Å². The van der Waals surface area contributed by atoms with Crippen LogP contribution in [0.25, 0.3) is 0 Å². The van der Waals surface area contributed by atoms with Crippen LogP contribution in [0.4, 0.5) is 5.69 Å². The molecule has 19 heavy (non-hydrogen) atoms. The van der Waals surface area contributed by atoms with Crippen molar-refractivity contribution in [2.24, 2.45) is 12.8 Å². The molecule has 0 bridgehead atoms. The molecule has 0 aliphatic heterocycles. The van der Waals surface area contributed by atoms with E-state index in [1.807, 2.05) is 12.1 Å². The lowest BCUT2D eigenvalue weighted by Gasteiger charge is -2.21. The summed E-state index contributed by atoms with van der Waals surface area (Å²) in [5.74, 6) is 0. The number of nitrogens with zero attached hydrogens (tertiary/aromatic N) is 3. The maximum Gasteiger partial charge on any atom is 0.281 e. The van der Waals surface area contributed by atoms with E-state index in [2.05, 4.69) is 5.10 Å². The number of para-hydroxylation sites is 1. The third-order valence-electron chi connectivity index (χ3n) is 2.95. The van der Waals surface area contributed by atoms with Crippen LogP contribution < -0.4 is 10.0 Å². The number of benzene rings is 1. The molecule has 0 spiro atoms. The van der Waals surface area contributed by atoms with Gasteiger partial charge in [-0.2, -0.15) is 13.5 Å². The van der Waals surface area contributed by atoms with Gasteiger partial charge in [0.15, 0.2) is 5.03 Å². The number of hydrogen-bond acceptors (Lipinski definition) is 4. The molecule has 0 saturated heterocycles. The Labute approximate surface area is 112 Å². The van der Waals surface area contributed by atoms with Gasteiger partial charge in [0.05, 0.1) is 11.9 Å². The quantitative estimate of drug-likeness (QED) is 0.894. The van der Waals surface area contributed by atoms with Gasteiger partial charge in [0.2, 0.25) is 0 Å². The lowest BCUT2D eigenvalue weighted by molar-refractivity contribution is 0.575. The van der Waals surface area contributed by atoms with Gasteiger partial charge in [-0.3, -0.25) is 8.99 Å². The third kappa shape index (κ3) is 2.34. The summed E-state index contributed by atoms with van der Waals surface area (Å²) in [6.07, 6.45) is 1.45. The summed E-state index contributed by atoms with van der Waals surface area (Å²) in [5, 5.41) is 4.03. The molecule has 1 heterocycles. The molecule has 0 aliphatic carbocycles. The molecular formula is C12H16N4O2S. The molecule has 1 aromatic heterocycles. The molecule has 1 aromatic carbocycles. The smallest absolute Gasteiger partial charge is 0.281 e. The van der Waals surface area contributed by atoms with Crippen LogP contribution in [-0.4, -0.2) is 25.2 Å². The van der Waals surface area contributed by atoms with Crippen LogP contribution in [0, 0.1) is 0 Å². The van der Waals surface area contributed by atoms with Crippen LogP contribution in [0.5, 0.6) is 0 Å². The number of nitrogens with two attached hydrogens (primary N) is 1. The van der Waals surface area contributed by atoms with Crippen LogP contribution in [0.15, 0.2) is 41.6 Å². The van der Waals surface area contributed by atoms with Crippen molar-refractivity contribution < 1.29 is 8.42 Å². The summed E-state index contributed by atoms with van der Waals surface area (Å²) in [5.41, 5.74) is 6.99. The maximum atomic E-state index is 12.5. The Bertz CT molecular complexity index is 679. The molecule has 2 N–H and O–H groups in total. The summed E-state index contributed by atoms with van der Waals surface area (Å²) < 4.78 is 27.6. The maximum absolute atomic E-state index is 12.5. The monoisotopic (exact) mass is 280 g/mol. The first kappa shape index (κ1) is 13.6. The van der Waals surface area contributed by atoms with Crippen LogP contribution in [0.3, 0.4) is 0 Å². The van der Waals surface area contributed by atoms with Crippen LogP contribution >= 0.6 is 0 Å². The second-order valence-electron chi connectivity index (χ2n) is 4.10. The molecule has 6 nitrogen and oxygen atoms in total. The Morgan fingerprint density at radius 2 is 2.00 bits per heavy atom. The third-order valence-corrected chi connectivity index (χ3v) is 4.80. The first-order valence-corrected chi connectivity index (χ1v) is 7.17. The normalized spacial score (nSPS) is 11.5. The molecule has 0 radical (unpaired) electrons. The summed E-state index contributed by atoms with van der Waals surface area (Å²) >= 11 is 0. The molecule has 2 aromatic rings. The Balaban J connectivity index is 2.50. The van der Waals surface area contributed by atoms with E-state index in [0.717, 1.165) is 5.56 Å². The standard InChI is InChI=1S/C12H16N4O2S/c1-15-12(7-8-14-15)19(17,18)16(2)11-6-4-3-5-10(11)9-13/h3-8H,9,13H2,1-2H3. The van der Waals surface area contributed by atoms with E-state index in [1.54, 1.807) is 19.2 Å². The van der Waals surface area contributed by atoms with Gasteiger partial charge in [-0.05, 0) is 17.7 Å². The molecule has 2 rings (SSSR count). The van der Waals surface area contributed by atoms with Crippen molar-refractivity contribution in [3.63, 3.8) is 0 Å². The summed E-state index contributed by atoms with van der Waals surface area (Å²) in [6.45, 7) is 0.279. The zero-order valence-corrected chi connectivity index (χ0v) is 11.6. The second-order valence-corrected chi connectivity index (χ2v) is 6.01. The lowest BCUT2D eigenvalue weighted by Crippen LogP contribution is -2.29. The molecule has 7 heteroatoms. The van der Waals surface area contributed by atoms with E-state index >= 15 is 0 Å².